The van der Waals surface area contributed by atoms with Crippen molar-refractivity contribution in [1.82, 2.24) is 0 Å². The third-order valence-corrected chi connectivity index (χ3v) is 1.58. The van der Waals surface area contributed by atoms with Gasteiger partial charge in [-0.2, -0.15) is 0 Å². The first-order valence-corrected chi connectivity index (χ1v) is 3.77. The Hall–Kier alpha value is -0.730. The lowest BCUT2D eigenvalue weighted by atomic mass is 9.87. The quantitative estimate of drug-likeness (QED) is 0.631. The summed E-state index contributed by atoms with van der Waals surface area (Å²) in [6.07, 6.45) is -0.678. The number of hydrogen-bond donors (Lipinski definition) is 1. The van der Waals surface area contributed by atoms with Crippen LogP contribution >= 0.6 is 0 Å². The minimum atomic E-state index is -1.19. The smallest absolute Gasteiger partial charge is 0.450 e. The van der Waals surface area contributed by atoms with E-state index in [0.29, 0.717) is 0 Å². The molecule has 0 saturated heterocycles. The fourth-order valence-electron chi connectivity index (χ4n) is 0.994. The van der Waals surface area contributed by atoms with Crippen LogP contribution in [0.1, 0.15) is 34.1 Å². The molecule has 0 rings (SSSR count). The van der Waals surface area contributed by atoms with Gasteiger partial charge in [0.15, 0.2) is 0 Å². The molecule has 0 bridgehead atoms. The van der Waals surface area contributed by atoms with Crippen LogP contribution in [-0.2, 0) is 4.74 Å². The van der Waals surface area contributed by atoms with Gasteiger partial charge in [0.1, 0.15) is 6.10 Å². The molecule has 0 fully saturated rings. The summed E-state index contributed by atoms with van der Waals surface area (Å²) < 4.78 is 4.68. The number of hydrogen-bond acceptors (Lipinski definition) is 2. The Balaban J connectivity index is 4.07. The second-order valence-corrected chi connectivity index (χ2v) is 3.65. The highest BCUT2D eigenvalue weighted by molar-refractivity contribution is 5.57. The Morgan fingerprint density at radius 1 is 1.55 bits per heavy atom. The molecule has 1 N–H and O–H groups in total. The molecular formula is C8H16O3. The van der Waals surface area contributed by atoms with Gasteiger partial charge in [-0.1, -0.05) is 27.7 Å². The Labute approximate surface area is 67.4 Å². The molecule has 0 aromatic heterocycles. The fourth-order valence-corrected chi connectivity index (χ4v) is 0.994. The van der Waals surface area contributed by atoms with Crippen molar-refractivity contribution in [2.45, 2.75) is 40.2 Å². The molecule has 0 aromatic rings. The lowest BCUT2D eigenvalue weighted by Crippen LogP contribution is -2.30. The van der Waals surface area contributed by atoms with E-state index in [1.54, 1.807) is 0 Å². The van der Waals surface area contributed by atoms with Gasteiger partial charge in [-0.15, -0.1) is 0 Å². The van der Waals surface area contributed by atoms with E-state index < -0.39 is 6.16 Å². The monoisotopic (exact) mass is 160 g/mol. The minimum absolute atomic E-state index is 0.104. The summed E-state index contributed by atoms with van der Waals surface area (Å²) >= 11 is 0. The molecule has 66 valence electrons. The minimum Gasteiger partial charge on any atom is -0.450 e. The molecule has 3 nitrogen and oxygen atoms in total. The Morgan fingerprint density at radius 3 is 2.09 bits per heavy atom. The molecule has 11 heavy (non-hydrogen) atoms. The predicted octanol–water partition coefficient (Wildman–Crippen LogP) is 2.51. The molecule has 0 radical (unpaired) electrons. The SMILES string of the molecule is CCC(OC(=O)O)C(C)(C)C. The van der Waals surface area contributed by atoms with Crippen molar-refractivity contribution < 1.29 is 14.6 Å². The molecule has 1 atom stereocenters. The Kier molecular flexibility index (Phi) is 3.36. The van der Waals surface area contributed by atoms with Crippen LogP contribution in [0.5, 0.6) is 0 Å². The summed E-state index contributed by atoms with van der Waals surface area (Å²) in [5.41, 5.74) is -0.104. The van der Waals surface area contributed by atoms with Gasteiger partial charge in [0, 0.05) is 0 Å². The maximum Gasteiger partial charge on any atom is 0.506 e. The predicted molar refractivity (Wildman–Crippen MR) is 42.6 cm³/mol. The topological polar surface area (TPSA) is 46.5 Å². The molecule has 0 aliphatic heterocycles. The lowest BCUT2D eigenvalue weighted by molar-refractivity contribution is -0.000637. The van der Waals surface area contributed by atoms with Crippen molar-refractivity contribution in [1.29, 1.82) is 0 Å². The van der Waals surface area contributed by atoms with Crippen LogP contribution < -0.4 is 0 Å². The van der Waals surface area contributed by atoms with E-state index >= 15 is 0 Å². The first kappa shape index (κ1) is 10.3. The Morgan fingerprint density at radius 2 is 2.00 bits per heavy atom. The van der Waals surface area contributed by atoms with Crippen molar-refractivity contribution in [2.24, 2.45) is 5.41 Å². The van der Waals surface area contributed by atoms with Crippen LogP contribution in [0.15, 0.2) is 0 Å². The highest BCUT2D eigenvalue weighted by Crippen LogP contribution is 2.24. The second kappa shape index (κ2) is 3.60. The molecule has 0 amide bonds. The van der Waals surface area contributed by atoms with Gasteiger partial charge < -0.3 is 9.84 Å². The highest BCUT2D eigenvalue weighted by Gasteiger charge is 2.26. The maximum absolute atomic E-state index is 10.2. The third kappa shape index (κ3) is 3.86. The zero-order valence-corrected chi connectivity index (χ0v) is 7.55. The number of rotatable bonds is 2. The fraction of sp³-hybridized carbons (Fsp3) is 0.875. The summed E-state index contributed by atoms with van der Waals surface area (Å²) in [6.45, 7) is 7.80. The summed E-state index contributed by atoms with van der Waals surface area (Å²) in [5, 5.41) is 8.36. The van der Waals surface area contributed by atoms with E-state index in [-0.39, 0.29) is 11.5 Å². The zero-order valence-electron chi connectivity index (χ0n) is 7.55. The highest BCUT2D eigenvalue weighted by atomic mass is 16.7. The van der Waals surface area contributed by atoms with Crippen LogP contribution in [0.25, 0.3) is 0 Å². The standard InChI is InChI=1S/C8H16O3/c1-5-6(8(2,3)4)11-7(9)10/h6H,5H2,1-4H3,(H,9,10). The number of carbonyl (C=O) groups is 1. The van der Waals surface area contributed by atoms with Crippen molar-refractivity contribution >= 4 is 6.16 Å². The van der Waals surface area contributed by atoms with Crippen LogP contribution in [0, 0.1) is 5.41 Å². The van der Waals surface area contributed by atoms with E-state index in [1.165, 1.54) is 0 Å². The molecule has 0 aromatic carbocycles. The molecule has 0 heterocycles. The summed E-state index contributed by atoms with van der Waals surface area (Å²) in [4.78, 5) is 10.2. The van der Waals surface area contributed by atoms with Gasteiger partial charge in [0.25, 0.3) is 0 Å². The number of carboxylic acid groups (broad SMARTS) is 1. The largest absolute Gasteiger partial charge is 0.506 e. The van der Waals surface area contributed by atoms with E-state index in [4.69, 9.17) is 5.11 Å². The maximum atomic E-state index is 10.2. The average molecular weight is 160 g/mol. The summed E-state index contributed by atoms with van der Waals surface area (Å²) in [7, 11) is 0. The summed E-state index contributed by atoms with van der Waals surface area (Å²) in [5.74, 6) is 0. The van der Waals surface area contributed by atoms with Crippen LogP contribution in [-0.4, -0.2) is 17.4 Å². The molecular weight excluding hydrogens is 144 g/mol. The van der Waals surface area contributed by atoms with Crippen LogP contribution in [0.3, 0.4) is 0 Å². The summed E-state index contributed by atoms with van der Waals surface area (Å²) in [6, 6.07) is 0. The van der Waals surface area contributed by atoms with E-state index in [9.17, 15) is 4.79 Å². The van der Waals surface area contributed by atoms with Gasteiger partial charge in [0.2, 0.25) is 0 Å². The van der Waals surface area contributed by atoms with E-state index in [1.807, 2.05) is 27.7 Å². The van der Waals surface area contributed by atoms with Crippen molar-refractivity contribution in [3.05, 3.63) is 0 Å². The normalized spacial score (nSPS) is 14.2. The first-order chi connectivity index (χ1) is 4.88. The van der Waals surface area contributed by atoms with E-state index in [0.717, 1.165) is 6.42 Å². The van der Waals surface area contributed by atoms with Gasteiger partial charge in [-0.3, -0.25) is 0 Å². The van der Waals surface area contributed by atoms with E-state index in [2.05, 4.69) is 4.74 Å². The lowest BCUT2D eigenvalue weighted by Gasteiger charge is -2.27. The first-order valence-electron chi connectivity index (χ1n) is 3.77. The van der Waals surface area contributed by atoms with Crippen LogP contribution in [0.4, 0.5) is 4.79 Å². The molecule has 0 aliphatic carbocycles. The molecule has 3 heteroatoms. The number of ether oxygens (including phenoxy) is 1. The second-order valence-electron chi connectivity index (χ2n) is 3.65. The zero-order chi connectivity index (χ0) is 9.07. The van der Waals surface area contributed by atoms with Gasteiger partial charge in [-0.05, 0) is 11.8 Å². The van der Waals surface area contributed by atoms with Crippen LogP contribution in [0.2, 0.25) is 0 Å². The van der Waals surface area contributed by atoms with Gasteiger partial charge >= 0.3 is 6.16 Å². The third-order valence-electron chi connectivity index (χ3n) is 1.58. The Bertz CT molecular complexity index is 135. The molecule has 1 unspecified atom stereocenters. The molecule has 0 aliphatic rings. The van der Waals surface area contributed by atoms with Crippen molar-refractivity contribution in [3.8, 4) is 0 Å². The average Bonchev–Trinajstić information content (AvgIpc) is 1.79. The molecule has 0 saturated carbocycles. The van der Waals surface area contributed by atoms with Gasteiger partial charge in [0.05, 0.1) is 0 Å². The van der Waals surface area contributed by atoms with Gasteiger partial charge in [-0.25, -0.2) is 4.79 Å². The van der Waals surface area contributed by atoms with Crippen molar-refractivity contribution in [3.63, 3.8) is 0 Å². The molecule has 0 spiro atoms. The van der Waals surface area contributed by atoms with Crippen molar-refractivity contribution in [2.75, 3.05) is 0 Å².